The van der Waals surface area contributed by atoms with E-state index >= 15 is 0 Å². The topological polar surface area (TPSA) is 84.7 Å². The summed E-state index contributed by atoms with van der Waals surface area (Å²) in [7, 11) is 0. The average molecular weight is 432 g/mol. The van der Waals surface area contributed by atoms with Gasteiger partial charge in [-0.05, 0) is 36.4 Å². The molecule has 2 aromatic rings. The van der Waals surface area contributed by atoms with Gasteiger partial charge in [0.05, 0.1) is 17.9 Å². The number of alkyl halides is 3. The van der Waals surface area contributed by atoms with Crippen LogP contribution in [-0.4, -0.2) is 24.3 Å². The summed E-state index contributed by atoms with van der Waals surface area (Å²) in [4.78, 5) is 0. The summed E-state index contributed by atoms with van der Waals surface area (Å²) in [5.74, 6) is 6.47. The molecule has 2 aromatic carbocycles. The Morgan fingerprint density at radius 1 is 1.14 bits per heavy atom. The van der Waals surface area contributed by atoms with Crippen LogP contribution in [0.25, 0.3) is 0 Å². The van der Waals surface area contributed by atoms with Crippen LogP contribution in [0.15, 0.2) is 42.5 Å². The highest BCUT2D eigenvalue weighted by molar-refractivity contribution is 6.31. The molecule has 0 aliphatic carbocycles. The van der Waals surface area contributed by atoms with Crippen LogP contribution >= 0.6 is 11.6 Å². The number of benzene rings is 2. The summed E-state index contributed by atoms with van der Waals surface area (Å²) in [6, 6.07) is 9.78. The molecule has 29 heavy (non-hydrogen) atoms. The van der Waals surface area contributed by atoms with Gasteiger partial charge in [-0.1, -0.05) is 31.5 Å². The van der Waals surface area contributed by atoms with E-state index in [0.29, 0.717) is 18.0 Å². The van der Waals surface area contributed by atoms with Crippen LogP contribution in [0.1, 0.15) is 25.0 Å². The fourth-order valence-electron chi connectivity index (χ4n) is 2.75. The first-order valence-corrected chi connectivity index (χ1v) is 9.29. The summed E-state index contributed by atoms with van der Waals surface area (Å²) in [5, 5.41) is 10.7. The number of nitrogens with two attached hydrogens (primary N) is 2. The lowest BCUT2D eigenvalue weighted by Gasteiger charge is -2.35. The highest BCUT2D eigenvalue weighted by Crippen LogP contribution is 2.35. The molecule has 0 saturated carbocycles. The summed E-state index contributed by atoms with van der Waals surface area (Å²) >= 11 is 5.94. The van der Waals surface area contributed by atoms with Crippen LogP contribution in [0.2, 0.25) is 5.02 Å². The van der Waals surface area contributed by atoms with E-state index in [1.165, 1.54) is 17.1 Å². The van der Waals surface area contributed by atoms with Crippen molar-refractivity contribution in [3.8, 4) is 5.75 Å². The highest BCUT2D eigenvalue weighted by Gasteiger charge is 2.34. The number of halogens is 4. The van der Waals surface area contributed by atoms with E-state index in [2.05, 4.69) is 0 Å². The van der Waals surface area contributed by atoms with Gasteiger partial charge in [-0.2, -0.15) is 13.2 Å². The number of ether oxygens (including phenoxy) is 1. The first-order chi connectivity index (χ1) is 13.5. The average Bonchev–Trinajstić information content (AvgIpc) is 2.65. The summed E-state index contributed by atoms with van der Waals surface area (Å²) in [6.45, 7) is 3.71. The molecule has 0 aliphatic rings. The van der Waals surface area contributed by atoms with Crippen LogP contribution < -0.4 is 21.3 Å². The minimum atomic E-state index is -4.52. The predicted molar refractivity (Wildman–Crippen MR) is 108 cm³/mol. The monoisotopic (exact) mass is 431 g/mol. The van der Waals surface area contributed by atoms with Gasteiger partial charge in [0.2, 0.25) is 0 Å². The number of hydrazine groups is 1. The van der Waals surface area contributed by atoms with Gasteiger partial charge >= 0.3 is 6.18 Å². The van der Waals surface area contributed by atoms with Crippen LogP contribution in [0.4, 0.5) is 18.9 Å². The molecule has 0 saturated heterocycles. The fourth-order valence-corrected chi connectivity index (χ4v) is 2.98. The van der Waals surface area contributed by atoms with Crippen molar-refractivity contribution in [3.63, 3.8) is 0 Å². The summed E-state index contributed by atoms with van der Waals surface area (Å²) < 4.78 is 45.0. The maximum absolute atomic E-state index is 13.2. The van der Waals surface area contributed by atoms with Gasteiger partial charge in [0.15, 0.2) is 0 Å². The number of aliphatic hydroxyl groups excluding tert-OH is 1. The van der Waals surface area contributed by atoms with Crippen molar-refractivity contribution in [2.24, 2.45) is 17.0 Å². The molecule has 0 aromatic heterocycles. The van der Waals surface area contributed by atoms with Crippen molar-refractivity contribution in [2.45, 2.75) is 32.7 Å². The number of rotatable bonds is 8. The Morgan fingerprint density at radius 3 is 2.31 bits per heavy atom. The molecule has 0 radical (unpaired) electrons. The third-order valence-electron chi connectivity index (χ3n) is 4.75. The van der Waals surface area contributed by atoms with E-state index < -0.39 is 23.2 Å². The molecular weight excluding hydrogens is 407 g/mol. The third-order valence-corrected chi connectivity index (χ3v) is 5.11. The molecule has 160 valence electrons. The molecule has 0 bridgehead atoms. The Labute approximate surface area is 173 Å². The van der Waals surface area contributed by atoms with Crippen molar-refractivity contribution in [2.75, 3.05) is 18.2 Å². The number of anilines is 1. The van der Waals surface area contributed by atoms with E-state index in [1.807, 2.05) is 13.8 Å². The van der Waals surface area contributed by atoms with Crippen LogP contribution in [0, 0.1) is 5.41 Å². The van der Waals surface area contributed by atoms with Gasteiger partial charge in [0.1, 0.15) is 12.4 Å². The minimum absolute atomic E-state index is 0.00738. The molecule has 0 heterocycles. The van der Waals surface area contributed by atoms with Crippen molar-refractivity contribution in [1.82, 2.24) is 0 Å². The maximum Gasteiger partial charge on any atom is 0.416 e. The van der Waals surface area contributed by atoms with E-state index in [9.17, 15) is 18.3 Å². The highest BCUT2D eigenvalue weighted by atomic mass is 35.5. The Morgan fingerprint density at radius 2 is 1.76 bits per heavy atom. The minimum Gasteiger partial charge on any atom is -0.489 e. The first-order valence-electron chi connectivity index (χ1n) is 8.92. The fraction of sp³-hybridized carbons (Fsp3) is 0.400. The Kier molecular flexibility index (Phi) is 7.40. The number of nitrogens with zero attached hydrogens (tertiary/aromatic N) is 1. The quantitative estimate of drug-likeness (QED) is 0.435. The largest absolute Gasteiger partial charge is 0.489 e. The van der Waals surface area contributed by atoms with E-state index in [0.717, 1.165) is 6.07 Å². The second-order valence-corrected chi connectivity index (χ2v) is 7.86. The molecule has 5 nitrogen and oxygen atoms in total. The van der Waals surface area contributed by atoms with Gasteiger partial charge in [0, 0.05) is 28.6 Å². The van der Waals surface area contributed by atoms with Gasteiger partial charge in [0.25, 0.3) is 0 Å². The maximum atomic E-state index is 13.2. The summed E-state index contributed by atoms with van der Waals surface area (Å²) in [5.41, 5.74) is 5.20. The zero-order chi connectivity index (χ0) is 21.8. The zero-order valence-corrected chi connectivity index (χ0v) is 17.0. The molecule has 2 rings (SSSR count). The van der Waals surface area contributed by atoms with E-state index in [1.54, 1.807) is 24.3 Å². The van der Waals surface area contributed by atoms with Crippen LogP contribution in [0.5, 0.6) is 5.75 Å². The lowest BCUT2D eigenvalue weighted by Crippen LogP contribution is -2.49. The molecule has 0 fully saturated rings. The molecular formula is C20H25ClF3N3O2. The second-order valence-electron chi connectivity index (χ2n) is 7.45. The van der Waals surface area contributed by atoms with Crippen LogP contribution in [0.3, 0.4) is 0 Å². The van der Waals surface area contributed by atoms with Gasteiger partial charge < -0.3 is 20.6 Å². The molecule has 9 heteroatoms. The number of aliphatic hydroxyl groups is 1. The second kappa shape index (κ2) is 9.21. The van der Waals surface area contributed by atoms with Gasteiger partial charge in [-0.15, -0.1) is 0 Å². The van der Waals surface area contributed by atoms with Crippen LogP contribution in [-0.2, 0) is 12.8 Å². The Hall–Kier alpha value is -2.00. The standard InChI is InChI=1S/C20H25ClF3N3O2/c1-19(2,18(25)10-28)12-27(26)13-6-8-14(9-7-13)29-11-15-16(20(22,23)24)4-3-5-17(15)21/h3-9,18,28H,10-12,25-26H2,1-2H3. The van der Waals surface area contributed by atoms with Crippen molar-refractivity contribution >= 4 is 17.3 Å². The zero-order valence-electron chi connectivity index (χ0n) is 16.2. The lowest BCUT2D eigenvalue weighted by molar-refractivity contribution is -0.138. The van der Waals surface area contributed by atoms with Gasteiger partial charge in [-0.3, -0.25) is 0 Å². The normalized spacial score (nSPS) is 13.3. The number of hydrogen-bond donors (Lipinski definition) is 3. The summed E-state index contributed by atoms with van der Waals surface area (Å²) in [6.07, 6.45) is -4.52. The lowest BCUT2D eigenvalue weighted by atomic mass is 9.85. The Bertz CT molecular complexity index is 814. The van der Waals surface area contributed by atoms with Crippen molar-refractivity contribution in [3.05, 3.63) is 58.6 Å². The van der Waals surface area contributed by atoms with Crippen molar-refractivity contribution < 1.29 is 23.0 Å². The Balaban J connectivity index is 2.07. The van der Waals surface area contributed by atoms with Crippen molar-refractivity contribution in [1.29, 1.82) is 0 Å². The number of hydrogen-bond acceptors (Lipinski definition) is 5. The predicted octanol–water partition coefficient (Wildman–Crippen LogP) is 3.96. The third kappa shape index (κ3) is 5.99. The smallest absolute Gasteiger partial charge is 0.416 e. The van der Waals surface area contributed by atoms with E-state index in [4.69, 9.17) is 27.9 Å². The first kappa shape index (κ1) is 23.3. The molecule has 0 amide bonds. The molecule has 5 N–H and O–H groups in total. The molecule has 0 spiro atoms. The SMILES string of the molecule is CC(C)(CN(N)c1ccc(OCc2c(Cl)cccc2C(F)(F)F)cc1)C(N)CO. The van der Waals surface area contributed by atoms with E-state index in [-0.39, 0.29) is 23.8 Å². The molecule has 1 atom stereocenters. The molecule has 0 aliphatic heterocycles. The molecule has 1 unspecified atom stereocenters. The van der Waals surface area contributed by atoms with Gasteiger partial charge in [-0.25, -0.2) is 5.84 Å².